The van der Waals surface area contributed by atoms with Crippen LogP contribution in [0.4, 0.5) is 11.9 Å². The molecule has 25 heavy (non-hydrogen) atoms. The third kappa shape index (κ3) is 3.41. The molecule has 1 aromatic rings. The Kier molecular flexibility index (Phi) is 4.04. The summed E-state index contributed by atoms with van der Waals surface area (Å²) in [7, 11) is 3.70. The van der Waals surface area contributed by atoms with Crippen LogP contribution in [0.15, 0.2) is 0 Å². The average molecular weight is 344 g/mol. The predicted octanol–water partition coefficient (Wildman–Crippen LogP) is 1.74. The number of aromatic nitrogens is 3. The third-order valence-electron chi connectivity index (χ3n) is 6.23. The molecule has 0 spiro atoms. The van der Waals surface area contributed by atoms with Crippen molar-refractivity contribution < 1.29 is 4.79 Å². The Morgan fingerprint density at radius 1 is 1.12 bits per heavy atom. The Hall–Kier alpha value is -1.92. The van der Waals surface area contributed by atoms with Crippen molar-refractivity contribution in [1.82, 2.24) is 20.3 Å². The molecule has 1 amide bonds. The second kappa shape index (κ2) is 6.11. The lowest BCUT2D eigenvalue weighted by atomic mass is 9.49. The molecule has 4 fully saturated rings. The van der Waals surface area contributed by atoms with Gasteiger partial charge in [-0.3, -0.25) is 4.79 Å². The smallest absolute Gasteiger partial charge is 0.229 e. The minimum atomic E-state index is 0.118. The number of carbonyl (C=O) groups excluding carboxylic acids is 1. The number of nitrogens with zero attached hydrogens (tertiary/aromatic N) is 4. The summed E-state index contributed by atoms with van der Waals surface area (Å²) < 4.78 is 0. The van der Waals surface area contributed by atoms with Crippen LogP contribution < -0.4 is 16.0 Å². The number of amides is 1. The molecule has 5 rings (SSSR count). The SMILES string of the molecule is CN(C)c1nc(N)nc(CNC(=O)CC23CC4CC(CC(C4)C2)C3)n1. The molecule has 1 aromatic heterocycles. The number of nitrogens with two attached hydrogens (primary N) is 1. The summed E-state index contributed by atoms with van der Waals surface area (Å²) in [5.41, 5.74) is 5.99. The number of anilines is 2. The van der Waals surface area contributed by atoms with Crippen LogP contribution in [0.3, 0.4) is 0 Å². The summed E-state index contributed by atoms with van der Waals surface area (Å²) in [6.45, 7) is 0.304. The molecular formula is C18H28N6O. The number of nitrogens with one attached hydrogen (secondary N) is 1. The first-order valence-electron chi connectivity index (χ1n) is 9.35. The molecular weight excluding hydrogens is 316 g/mol. The normalized spacial score (nSPS) is 32.6. The predicted molar refractivity (Wildman–Crippen MR) is 95.6 cm³/mol. The maximum Gasteiger partial charge on any atom is 0.229 e. The van der Waals surface area contributed by atoms with Crippen LogP contribution in [0.1, 0.15) is 50.8 Å². The zero-order chi connectivity index (χ0) is 17.6. The average Bonchev–Trinajstić information content (AvgIpc) is 2.50. The number of hydrogen-bond donors (Lipinski definition) is 2. The highest BCUT2D eigenvalue weighted by Crippen LogP contribution is 2.61. The molecule has 136 valence electrons. The van der Waals surface area contributed by atoms with Crippen LogP contribution in [0.2, 0.25) is 0 Å². The van der Waals surface area contributed by atoms with E-state index in [-0.39, 0.29) is 17.3 Å². The van der Waals surface area contributed by atoms with E-state index in [0.29, 0.717) is 24.7 Å². The van der Waals surface area contributed by atoms with E-state index in [1.165, 1.54) is 38.5 Å². The van der Waals surface area contributed by atoms with Crippen molar-refractivity contribution in [3.05, 3.63) is 5.82 Å². The topological polar surface area (TPSA) is 97.0 Å². The van der Waals surface area contributed by atoms with Crippen LogP contribution in [0.25, 0.3) is 0 Å². The number of rotatable bonds is 5. The van der Waals surface area contributed by atoms with Gasteiger partial charge in [-0.1, -0.05) is 0 Å². The number of nitrogen functional groups attached to an aromatic ring is 1. The second-order valence-corrected chi connectivity index (χ2v) is 8.68. The highest BCUT2D eigenvalue weighted by molar-refractivity contribution is 5.76. The van der Waals surface area contributed by atoms with Gasteiger partial charge in [-0.15, -0.1) is 0 Å². The molecule has 0 radical (unpaired) electrons. The Morgan fingerprint density at radius 2 is 1.72 bits per heavy atom. The van der Waals surface area contributed by atoms with Gasteiger partial charge in [0, 0.05) is 20.5 Å². The molecule has 4 saturated carbocycles. The molecule has 4 aliphatic carbocycles. The largest absolute Gasteiger partial charge is 0.368 e. The third-order valence-corrected chi connectivity index (χ3v) is 6.23. The lowest BCUT2D eigenvalue weighted by molar-refractivity contribution is -0.129. The van der Waals surface area contributed by atoms with E-state index in [1.54, 1.807) is 4.90 Å². The lowest BCUT2D eigenvalue weighted by Crippen LogP contribution is -2.48. The zero-order valence-corrected chi connectivity index (χ0v) is 15.2. The standard InChI is InChI=1S/C18H28N6O/c1-24(2)17-22-14(21-16(19)23-17)10-20-15(25)9-18-6-11-3-12(7-18)5-13(4-11)8-18/h11-13H,3-10H2,1-2H3,(H,20,25)(H2,19,21,22,23). The molecule has 0 unspecified atom stereocenters. The van der Waals surface area contributed by atoms with E-state index in [1.807, 2.05) is 14.1 Å². The van der Waals surface area contributed by atoms with E-state index in [2.05, 4.69) is 20.3 Å². The fourth-order valence-electron chi connectivity index (χ4n) is 5.79. The van der Waals surface area contributed by atoms with Crippen molar-refractivity contribution >= 4 is 17.8 Å². The van der Waals surface area contributed by atoms with E-state index in [4.69, 9.17) is 5.73 Å². The van der Waals surface area contributed by atoms with E-state index < -0.39 is 0 Å². The Bertz CT molecular complexity index is 638. The molecule has 4 bridgehead atoms. The quantitative estimate of drug-likeness (QED) is 0.844. The zero-order valence-electron chi connectivity index (χ0n) is 15.2. The summed E-state index contributed by atoms with van der Waals surface area (Å²) >= 11 is 0. The number of hydrogen-bond acceptors (Lipinski definition) is 6. The van der Waals surface area contributed by atoms with Crippen molar-refractivity contribution in [3.8, 4) is 0 Å². The highest BCUT2D eigenvalue weighted by Gasteiger charge is 2.51. The van der Waals surface area contributed by atoms with E-state index in [9.17, 15) is 4.79 Å². The van der Waals surface area contributed by atoms with Gasteiger partial charge in [0.05, 0.1) is 6.54 Å². The van der Waals surface area contributed by atoms with Crippen LogP contribution in [0, 0.1) is 23.2 Å². The van der Waals surface area contributed by atoms with Crippen molar-refractivity contribution in [3.63, 3.8) is 0 Å². The van der Waals surface area contributed by atoms with E-state index in [0.717, 1.165) is 17.8 Å². The maximum atomic E-state index is 12.6. The molecule has 7 heteroatoms. The van der Waals surface area contributed by atoms with E-state index >= 15 is 0 Å². The second-order valence-electron chi connectivity index (χ2n) is 8.68. The fourth-order valence-corrected chi connectivity index (χ4v) is 5.79. The Morgan fingerprint density at radius 3 is 2.28 bits per heavy atom. The fraction of sp³-hybridized carbons (Fsp3) is 0.778. The molecule has 4 aliphatic rings. The van der Waals surface area contributed by atoms with Gasteiger partial charge < -0.3 is 16.0 Å². The van der Waals surface area contributed by atoms with Gasteiger partial charge in [0.25, 0.3) is 0 Å². The summed E-state index contributed by atoms with van der Waals surface area (Å²) in [4.78, 5) is 26.9. The maximum absolute atomic E-state index is 12.6. The van der Waals surface area contributed by atoms with Gasteiger partial charge >= 0.3 is 0 Å². The summed E-state index contributed by atoms with van der Waals surface area (Å²) in [6, 6.07) is 0. The van der Waals surface area contributed by atoms with Crippen molar-refractivity contribution in [2.75, 3.05) is 24.7 Å². The first-order valence-corrected chi connectivity index (χ1v) is 9.35. The first kappa shape index (κ1) is 16.5. The Balaban J connectivity index is 1.37. The van der Waals surface area contributed by atoms with Crippen molar-refractivity contribution in [2.24, 2.45) is 23.2 Å². The van der Waals surface area contributed by atoms with Crippen LogP contribution in [-0.4, -0.2) is 35.0 Å². The van der Waals surface area contributed by atoms with Gasteiger partial charge in [-0.2, -0.15) is 15.0 Å². The lowest BCUT2D eigenvalue weighted by Gasteiger charge is -2.56. The minimum absolute atomic E-state index is 0.118. The van der Waals surface area contributed by atoms with Gasteiger partial charge in [-0.25, -0.2) is 0 Å². The Labute approximate surface area is 148 Å². The van der Waals surface area contributed by atoms with Gasteiger partial charge in [-0.05, 0) is 61.7 Å². The summed E-state index contributed by atoms with van der Waals surface area (Å²) in [5.74, 6) is 3.92. The van der Waals surface area contributed by atoms with Crippen molar-refractivity contribution in [1.29, 1.82) is 0 Å². The highest BCUT2D eigenvalue weighted by atomic mass is 16.1. The minimum Gasteiger partial charge on any atom is -0.368 e. The van der Waals surface area contributed by atoms with Crippen LogP contribution >= 0.6 is 0 Å². The van der Waals surface area contributed by atoms with Crippen molar-refractivity contribution in [2.45, 2.75) is 51.5 Å². The summed E-state index contributed by atoms with van der Waals surface area (Å²) in [5, 5.41) is 3.00. The van der Waals surface area contributed by atoms with Gasteiger partial charge in [0.2, 0.25) is 17.8 Å². The molecule has 1 heterocycles. The van der Waals surface area contributed by atoms with Crippen LogP contribution in [0.5, 0.6) is 0 Å². The molecule has 7 nitrogen and oxygen atoms in total. The summed E-state index contributed by atoms with van der Waals surface area (Å²) in [6.07, 6.45) is 8.59. The molecule has 0 saturated heterocycles. The van der Waals surface area contributed by atoms with Gasteiger partial charge in [0.15, 0.2) is 5.82 Å². The monoisotopic (exact) mass is 344 g/mol. The molecule has 0 atom stereocenters. The van der Waals surface area contributed by atoms with Gasteiger partial charge in [0.1, 0.15) is 0 Å². The first-order chi connectivity index (χ1) is 11.9. The van der Waals surface area contributed by atoms with Crippen LogP contribution in [-0.2, 0) is 11.3 Å². The molecule has 3 N–H and O–H groups in total. The molecule has 0 aromatic carbocycles. The number of carbonyl (C=O) groups is 1. The molecule has 0 aliphatic heterocycles.